The number of hydrogen-bond acceptors (Lipinski definition) is 3. The predicted octanol–water partition coefficient (Wildman–Crippen LogP) is 2.26. The van der Waals surface area contributed by atoms with E-state index >= 15 is 0 Å². The van der Waals surface area contributed by atoms with Gasteiger partial charge in [-0.3, -0.25) is 0 Å². The first kappa shape index (κ1) is 12.5. The Morgan fingerprint density at radius 1 is 1.62 bits per heavy atom. The Morgan fingerprint density at radius 3 is 2.88 bits per heavy atom. The fraction of sp³-hybridized carbons (Fsp3) is 0.500. The van der Waals surface area contributed by atoms with E-state index in [1.54, 1.807) is 18.3 Å². The van der Waals surface area contributed by atoms with Crippen LogP contribution in [-0.2, 0) is 0 Å². The predicted molar refractivity (Wildman–Crippen MR) is 63.9 cm³/mol. The zero-order valence-electron chi connectivity index (χ0n) is 9.97. The van der Waals surface area contributed by atoms with Crippen molar-refractivity contribution in [1.82, 2.24) is 4.98 Å². The molecule has 0 amide bonds. The maximum atomic E-state index is 11.0. The van der Waals surface area contributed by atoms with Gasteiger partial charge in [-0.05, 0) is 18.1 Å². The highest BCUT2D eigenvalue weighted by molar-refractivity contribution is 5.93. The molecule has 0 spiro atoms. The van der Waals surface area contributed by atoms with Crippen LogP contribution in [0.3, 0.4) is 0 Å². The zero-order valence-corrected chi connectivity index (χ0v) is 9.97. The molecule has 0 aliphatic carbocycles. The van der Waals surface area contributed by atoms with Crippen molar-refractivity contribution in [2.45, 2.75) is 20.3 Å². The third kappa shape index (κ3) is 2.95. The van der Waals surface area contributed by atoms with Crippen molar-refractivity contribution in [2.75, 3.05) is 18.5 Å². The van der Waals surface area contributed by atoms with Crippen molar-refractivity contribution in [3.8, 4) is 0 Å². The second-order valence-corrected chi connectivity index (χ2v) is 4.07. The molecule has 0 aliphatic rings. The summed E-state index contributed by atoms with van der Waals surface area (Å²) in [5.41, 5.74) is 0.258. The van der Waals surface area contributed by atoms with Crippen LogP contribution >= 0.6 is 0 Å². The van der Waals surface area contributed by atoms with Gasteiger partial charge in [-0.2, -0.15) is 0 Å². The number of anilines is 1. The van der Waals surface area contributed by atoms with Gasteiger partial charge >= 0.3 is 5.97 Å². The molecule has 4 nitrogen and oxygen atoms in total. The number of aromatic carboxylic acids is 1. The molecule has 16 heavy (non-hydrogen) atoms. The lowest BCUT2D eigenvalue weighted by atomic mass is 10.1. The van der Waals surface area contributed by atoms with Gasteiger partial charge in [-0.25, -0.2) is 9.78 Å². The molecule has 1 aromatic rings. The summed E-state index contributed by atoms with van der Waals surface area (Å²) >= 11 is 0. The van der Waals surface area contributed by atoms with Crippen molar-refractivity contribution < 1.29 is 9.90 Å². The molecule has 1 aromatic heterocycles. The Hall–Kier alpha value is -1.58. The molecule has 1 rings (SSSR count). The van der Waals surface area contributed by atoms with Gasteiger partial charge in [-0.1, -0.05) is 20.3 Å². The average molecular weight is 222 g/mol. The first-order valence-electron chi connectivity index (χ1n) is 5.45. The molecule has 0 saturated heterocycles. The van der Waals surface area contributed by atoms with E-state index in [0.717, 1.165) is 13.0 Å². The first-order chi connectivity index (χ1) is 7.56. The molecule has 1 unspecified atom stereocenters. The van der Waals surface area contributed by atoms with Crippen LogP contribution in [-0.4, -0.2) is 29.7 Å². The lowest BCUT2D eigenvalue weighted by Crippen LogP contribution is -2.26. The number of nitrogens with zero attached hydrogens (tertiary/aromatic N) is 2. The summed E-state index contributed by atoms with van der Waals surface area (Å²) in [5, 5.41) is 9.04. The van der Waals surface area contributed by atoms with E-state index in [0.29, 0.717) is 11.7 Å². The summed E-state index contributed by atoms with van der Waals surface area (Å²) in [6, 6.07) is 3.22. The normalized spacial score (nSPS) is 12.2. The monoisotopic (exact) mass is 222 g/mol. The quantitative estimate of drug-likeness (QED) is 0.830. The van der Waals surface area contributed by atoms with E-state index in [-0.39, 0.29) is 5.56 Å². The molecule has 1 atom stereocenters. The Morgan fingerprint density at radius 2 is 2.31 bits per heavy atom. The second kappa shape index (κ2) is 5.49. The molecule has 0 aliphatic heterocycles. The highest BCUT2D eigenvalue weighted by Gasteiger charge is 2.15. The number of hydrogen-bond donors (Lipinski definition) is 1. The Bertz CT molecular complexity index is 366. The number of carboxylic acid groups (broad SMARTS) is 1. The summed E-state index contributed by atoms with van der Waals surface area (Å²) in [7, 11) is 1.88. The Labute approximate surface area is 95.9 Å². The van der Waals surface area contributed by atoms with E-state index in [9.17, 15) is 4.79 Å². The number of carbonyl (C=O) groups is 1. The van der Waals surface area contributed by atoms with Crippen LogP contribution in [0.4, 0.5) is 5.82 Å². The number of pyridine rings is 1. The third-order valence-electron chi connectivity index (χ3n) is 2.66. The molecule has 4 heteroatoms. The minimum absolute atomic E-state index is 0.258. The maximum Gasteiger partial charge on any atom is 0.339 e. The van der Waals surface area contributed by atoms with E-state index in [1.807, 2.05) is 11.9 Å². The maximum absolute atomic E-state index is 11.0. The molecule has 0 aromatic carbocycles. The van der Waals surface area contributed by atoms with Gasteiger partial charge in [-0.15, -0.1) is 0 Å². The minimum Gasteiger partial charge on any atom is -0.478 e. The fourth-order valence-corrected chi connectivity index (χ4v) is 1.55. The number of aromatic nitrogens is 1. The van der Waals surface area contributed by atoms with Crippen LogP contribution in [0.2, 0.25) is 0 Å². The van der Waals surface area contributed by atoms with Gasteiger partial charge in [0, 0.05) is 19.8 Å². The van der Waals surface area contributed by atoms with E-state index in [1.165, 1.54) is 0 Å². The summed E-state index contributed by atoms with van der Waals surface area (Å²) in [6.07, 6.45) is 2.69. The van der Waals surface area contributed by atoms with Gasteiger partial charge in [0.1, 0.15) is 11.4 Å². The highest BCUT2D eigenvalue weighted by Crippen LogP contribution is 2.17. The molecule has 0 radical (unpaired) electrons. The van der Waals surface area contributed by atoms with Crippen LogP contribution in [0, 0.1) is 5.92 Å². The van der Waals surface area contributed by atoms with Crippen LogP contribution in [0.25, 0.3) is 0 Å². The smallest absolute Gasteiger partial charge is 0.339 e. The topological polar surface area (TPSA) is 53.4 Å². The largest absolute Gasteiger partial charge is 0.478 e. The molecule has 1 heterocycles. The first-order valence-corrected chi connectivity index (χ1v) is 5.45. The van der Waals surface area contributed by atoms with Crippen molar-refractivity contribution in [1.29, 1.82) is 0 Å². The van der Waals surface area contributed by atoms with Gasteiger partial charge in [0.25, 0.3) is 0 Å². The van der Waals surface area contributed by atoms with Crippen LogP contribution in [0.15, 0.2) is 18.3 Å². The Kier molecular flexibility index (Phi) is 4.28. The van der Waals surface area contributed by atoms with E-state index < -0.39 is 5.97 Å². The van der Waals surface area contributed by atoms with Gasteiger partial charge in [0.05, 0.1) is 0 Å². The molecule has 0 fully saturated rings. The van der Waals surface area contributed by atoms with Crippen molar-refractivity contribution in [2.24, 2.45) is 5.92 Å². The minimum atomic E-state index is -0.931. The molecule has 0 bridgehead atoms. The number of carboxylic acids is 1. The summed E-state index contributed by atoms with van der Waals surface area (Å²) in [5.74, 6) is 0.128. The van der Waals surface area contributed by atoms with E-state index in [4.69, 9.17) is 5.11 Å². The zero-order chi connectivity index (χ0) is 12.1. The SMILES string of the molecule is CCC(C)CN(C)c1ncccc1C(=O)O. The van der Waals surface area contributed by atoms with Crippen LogP contribution in [0.5, 0.6) is 0 Å². The fourth-order valence-electron chi connectivity index (χ4n) is 1.55. The number of rotatable bonds is 5. The van der Waals surface area contributed by atoms with Crippen molar-refractivity contribution in [3.63, 3.8) is 0 Å². The van der Waals surface area contributed by atoms with Gasteiger partial charge in [0.15, 0.2) is 0 Å². The summed E-state index contributed by atoms with van der Waals surface area (Å²) in [6.45, 7) is 5.07. The summed E-state index contributed by atoms with van der Waals surface area (Å²) in [4.78, 5) is 17.0. The van der Waals surface area contributed by atoms with Crippen molar-refractivity contribution >= 4 is 11.8 Å². The second-order valence-electron chi connectivity index (χ2n) is 4.07. The average Bonchev–Trinajstić information content (AvgIpc) is 2.28. The summed E-state index contributed by atoms with van der Waals surface area (Å²) < 4.78 is 0. The standard InChI is InChI=1S/C12H18N2O2/c1-4-9(2)8-14(3)11-10(12(15)16)6-5-7-13-11/h5-7,9H,4,8H2,1-3H3,(H,15,16). The van der Waals surface area contributed by atoms with Gasteiger partial charge in [0.2, 0.25) is 0 Å². The lowest BCUT2D eigenvalue weighted by Gasteiger charge is -2.22. The van der Waals surface area contributed by atoms with Crippen molar-refractivity contribution in [3.05, 3.63) is 23.9 Å². The third-order valence-corrected chi connectivity index (χ3v) is 2.66. The molecular formula is C12H18N2O2. The van der Waals surface area contributed by atoms with Crippen LogP contribution in [0.1, 0.15) is 30.6 Å². The van der Waals surface area contributed by atoms with Crippen LogP contribution < -0.4 is 4.90 Å². The molecule has 1 N–H and O–H groups in total. The highest BCUT2D eigenvalue weighted by atomic mass is 16.4. The molecule has 0 saturated carbocycles. The Balaban J connectivity index is 2.90. The molecule has 88 valence electrons. The lowest BCUT2D eigenvalue weighted by molar-refractivity contribution is 0.0697. The molecular weight excluding hydrogens is 204 g/mol. The van der Waals surface area contributed by atoms with Gasteiger partial charge < -0.3 is 10.0 Å². The van der Waals surface area contributed by atoms with E-state index in [2.05, 4.69) is 18.8 Å².